The summed E-state index contributed by atoms with van der Waals surface area (Å²) < 4.78 is 63.6. The van der Waals surface area contributed by atoms with Crippen molar-refractivity contribution in [2.75, 3.05) is 0 Å². The van der Waals surface area contributed by atoms with Crippen LogP contribution < -0.4 is 0 Å². The first-order valence-corrected chi connectivity index (χ1v) is 4.89. The lowest BCUT2D eigenvalue weighted by Gasteiger charge is -2.10. The fraction of sp³-hybridized carbons (Fsp3) is 0.455. The van der Waals surface area contributed by atoms with Gasteiger partial charge in [0.05, 0.1) is 0 Å². The van der Waals surface area contributed by atoms with Gasteiger partial charge in [-0.05, 0) is 5.92 Å². The standard InChI is InChI=1S/C9H7F5.C2H6/c1-3(2)4-5(10)7(12)9(14)8(13)6(4)11;1-2/h3H,1-2H3;1-2H3. The zero-order valence-electron chi connectivity index (χ0n) is 9.47. The van der Waals surface area contributed by atoms with E-state index in [0.29, 0.717) is 0 Å². The molecule has 0 nitrogen and oxygen atoms in total. The van der Waals surface area contributed by atoms with E-state index in [-0.39, 0.29) is 0 Å². The van der Waals surface area contributed by atoms with Crippen LogP contribution in [-0.2, 0) is 0 Å². The maximum atomic E-state index is 12.9. The summed E-state index contributed by atoms with van der Waals surface area (Å²) in [7, 11) is 0. The van der Waals surface area contributed by atoms with Crippen LogP contribution in [0.15, 0.2) is 0 Å². The molecule has 0 atom stereocenters. The molecule has 0 fully saturated rings. The van der Waals surface area contributed by atoms with Gasteiger partial charge in [-0.2, -0.15) is 0 Å². The molecular weight excluding hydrogens is 227 g/mol. The number of hydrogen-bond donors (Lipinski definition) is 0. The predicted molar refractivity (Wildman–Crippen MR) is 51.7 cm³/mol. The average Bonchev–Trinajstić information content (AvgIpc) is 2.26. The maximum Gasteiger partial charge on any atom is 0.200 e. The highest BCUT2D eigenvalue weighted by atomic mass is 19.2. The molecule has 92 valence electrons. The fourth-order valence-electron chi connectivity index (χ4n) is 1.13. The summed E-state index contributed by atoms with van der Waals surface area (Å²) in [5, 5.41) is 0. The Hall–Kier alpha value is -1.13. The molecule has 0 bridgehead atoms. The van der Waals surface area contributed by atoms with Crippen LogP contribution in [0.25, 0.3) is 0 Å². The topological polar surface area (TPSA) is 0 Å². The lowest BCUT2D eigenvalue weighted by molar-refractivity contribution is 0.366. The first kappa shape index (κ1) is 14.9. The van der Waals surface area contributed by atoms with E-state index in [1.54, 1.807) is 0 Å². The van der Waals surface area contributed by atoms with Gasteiger partial charge in [-0.15, -0.1) is 0 Å². The molecular formula is C11H13F5. The molecule has 0 heterocycles. The zero-order chi connectivity index (χ0) is 13.0. The Morgan fingerprint density at radius 1 is 0.625 bits per heavy atom. The van der Waals surface area contributed by atoms with Crippen molar-refractivity contribution >= 4 is 0 Å². The lowest BCUT2D eigenvalue weighted by atomic mass is 10.0. The highest BCUT2D eigenvalue weighted by Gasteiger charge is 2.26. The van der Waals surface area contributed by atoms with Crippen LogP contribution in [0.1, 0.15) is 39.2 Å². The molecule has 0 spiro atoms. The van der Waals surface area contributed by atoms with Gasteiger partial charge in [0.2, 0.25) is 5.82 Å². The summed E-state index contributed by atoms with van der Waals surface area (Å²) in [6.45, 7) is 6.69. The van der Waals surface area contributed by atoms with E-state index >= 15 is 0 Å². The third kappa shape index (κ3) is 2.51. The van der Waals surface area contributed by atoms with Crippen molar-refractivity contribution in [1.29, 1.82) is 0 Å². The maximum absolute atomic E-state index is 12.9. The molecule has 0 aliphatic carbocycles. The normalized spacial score (nSPS) is 10.1. The van der Waals surface area contributed by atoms with Gasteiger partial charge in [0.1, 0.15) is 0 Å². The summed E-state index contributed by atoms with van der Waals surface area (Å²) in [6.07, 6.45) is 0. The van der Waals surface area contributed by atoms with Crippen LogP contribution in [0.2, 0.25) is 0 Å². The molecule has 1 rings (SSSR count). The minimum Gasteiger partial charge on any atom is -0.203 e. The Balaban J connectivity index is 0.00000106. The smallest absolute Gasteiger partial charge is 0.200 e. The van der Waals surface area contributed by atoms with Gasteiger partial charge in [0.25, 0.3) is 0 Å². The van der Waals surface area contributed by atoms with Gasteiger partial charge in [-0.3, -0.25) is 0 Å². The first-order valence-electron chi connectivity index (χ1n) is 4.89. The van der Waals surface area contributed by atoms with E-state index in [1.807, 2.05) is 13.8 Å². The van der Waals surface area contributed by atoms with E-state index in [4.69, 9.17) is 0 Å². The van der Waals surface area contributed by atoms with Crippen molar-refractivity contribution in [3.63, 3.8) is 0 Å². The largest absolute Gasteiger partial charge is 0.203 e. The molecule has 0 aromatic heterocycles. The molecule has 0 aliphatic rings. The van der Waals surface area contributed by atoms with Crippen molar-refractivity contribution in [3.8, 4) is 0 Å². The summed E-state index contributed by atoms with van der Waals surface area (Å²) in [5.41, 5.74) is -0.776. The number of hydrogen-bond acceptors (Lipinski definition) is 0. The Morgan fingerprint density at radius 2 is 0.875 bits per heavy atom. The third-order valence-electron chi connectivity index (χ3n) is 1.82. The SMILES string of the molecule is CC.CC(C)c1c(F)c(F)c(F)c(F)c1F. The molecule has 1 aromatic rings. The minimum absolute atomic E-state index is 0.764. The number of halogens is 5. The van der Waals surface area contributed by atoms with Gasteiger partial charge < -0.3 is 0 Å². The van der Waals surface area contributed by atoms with Gasteiger partial charge in [0, 0.05) is 5.56 Å². The van der Waals surface area contributed by atoms with Crippen LogP contribution >= 0.6 is 0 Å². The molecule has 0 radical (unpaired) electrons. The van der Waals surface area contributed by atoms with Crippen LogP contribution in [0.4, 0.5) is 22.0 Å². The second-order valence-corrected chi connectivity index (χ2v) is 3.14. The Morgan fingerprint density at radius 3 is 1.12 bits per heavy atom. The van der Waals surface area contributed by atoms with Crippen LogP contribution in [-0.4, -0.2) is 0 Å². The van der Waals surface area contributed by atoms with Crippen molar-refractivity contribution in [2.24, 2.45) is 0 Å². The molecule has 0 saturated heterocycles. The second-order valence-electron chi connectivity index (χ2n) is 3.14. The van der Waals surface area contributed by atoms with Crippen LogP contribution in [0.3, 0.4) is 0 Å². The van der Waals surface area contributed by atoms with Crippen LogP contribution in [0.5, 0.6) is 0 Å². The first-order chi connectivity index (χ1) is 7.37. The van der Waals surface area contributed by atoms with Crippen molar-refractivity contribution in [1.82, 2.24) is 0 Å². The molecule has 16 heavy (non-hydrogen) atoms. The van der Waals surface area contributed by atoms with Crippen LogP contribution in [0, 0.1) is 29.1 Å². The molecule has 1 aromatic carbocycles. The predicted octanol–water partition coefficient (Wildman–Crippen LogP) is 4.53. The third-order valence-corrected chi connectivity index (χ3v) is 1.82. The highest BCUT2D eigenvalue weighted by molar-refractivity contribution is 5.26. The van der Waals surface area contributed by atoms with Crippen molar-refractivity contribution in [3.05, 3.63) is 34.6 Å². The van der Waals surface area contributed by atoms with E-state index in [0.717, 1.165) is 0 Å². The van der Waals surface area contributed by atoms with Crippen molar-refractivity contribution < 1.29 is 22.0 Å². The summed E-state index contributed by atoms with van der Waals surface area (Å²) >= 11 is 0. The Bertz CT molecular complexity index is 342. The number of benzene rings is 1. The molecule has 0 N–H and O–H groups in total. The van der Waals surface area contributed by atoms with E-state index in [1.165, 1.54) is 13.8 Å². The quantitative estimate of drug-likeness (QED) is 0.384. The number of rotatable bonds is 1. The summed E-state index contributed by atoms with van der Waals surface area (Å²) in [6, 6.07) is 0. The minimum atomic E-state index is -2.12. The van der Waals surface area contributed by atoms with Gasteiger partial charge >= 0.3 is 0 Å². The van der Waals surface area contributed by atoms with E-state index in [2.05, 4.69) is 0 Å². The molecule has 0 aliphatic heterocycles. The Kier molecular flexibility index (Phi) is 5.41. The molecule has 0 amide bonds. The highest BCUT2D eigenvalue weighted by Crippen LogP contribution is 2.28. The summed E-state index contributed by atoms with van der Waals surface area (Å²) in [5.74, 6) is -10.2. The van der Waals surface area contributed by atoms with Crippen molar-refractivity contribution in [2.45, 2.75) is 33.6 Å². The summed E-state index contributed by atoms with van der Waals surface area (Å²) in [4.78, 5) is 0. The average molecular weight is 240 g/mol. The Labute approximate surface area is 91.1 Å². The zero-order valence-corrected chi connectivity index (χ0v) is 9.47. The fourth-order valence-corrected chi connectivity index (χ4v) is 1.13. The van der Waals surface area contributed by atoms with Gasteiger partial charge in [0.15, 0.2) is 23.3 Å². The molecule has 5 heteroatoms. The van der Waals surface area contributed by atoms with Gasteiger partial charge in [-0.1, -0.05) is 27.7 Å². The monoisotopic (exact) mass is 240 g/mol. The van der Waals surface area contributed by atoms with E-state index in [9.17, 15) is 22.0 Å². The van der Waals surface area contributed by atoms with Gasteiger partial charge in [-0.25, -0.2) is 22.0 Å². The lowest BCUT2D eigenvalue weighted by Crippen LogP contribution is -2.08. The second kappa shape index (κ2) is 5.82. The molecule has 0 unspecified atom stereocenters. The molecule has 0 saturated carbocycles. The van der Waals surface area contributed by atoms with E-state index < -0.39 is 40.6 Å².